The zero-order valence-corrected chi connectivity index (χ0v) is 13.0. The van der Waals surface area contributed by atoms with Crippen LogP contribution < -0.4 is 0 Å². The number of likely N-dealkylation sites (N-methyl/N-ethyl adjacent to an activating group) is 1. The van der Waals surface area contributed by atoms with Crippen molar-refractivity contribution in [2.75, 3.05) is 13.6 Å². The lowest BCUT2D eigenvalue weighted by molar-refractivity contribution is -0.142. The Labute approximate surface area is 136 Å². The van der Waals surface area contributed by atoms with Crippen LogP contribution in [-0.2, 0) is 25.7 Å². The molecule has 5 nitrogen and oxygen atoms in total. The summed E-state index contributed by atoms with van der Waals surface area (Å²) in [6.07, 6.45) is -3.98. The van der Waals surface area contributed by atoms with E-state index in [1.807, 2.05) is 4.90 Å². The Bertz CT molecular complexity index is 766. The van der Waals surface area contributed by atoms with Gasteiger partial charge < -0.3 is 10.0 Å². The van der Waals surface area contributed by atoms with Crippen LogP contribution in [0.25, 0.3) is 0 Å². The van der Waals surface area contributed by atoms with Crippen LogP contribution in [0.1, 0.15) is 32.9 Å². The summed E-state index contributed by atoms with van der Waals surface area (Å²) in [4.78, 5) is 12.7. The van der Waals surface area contributed by atoms with Crippen molar-refractivity contribution < 1.29 is 23.1 Å². The molecule has 128 valence electrons. The van der Waals surface area contributed by atoms with Gasteiger partial charge in [0.1, 0.15) is 0 Å². The van der Waals surface area contributed by atoms with Gasteiger partial charge in [-0.15, -0.1) is 0 Å². The van der Waals surface area contributed by atoms with Gasteiger partial charge in [0.05, 0.1) is 12.1 Å². The molecule has 1 aliphatic rings. The van der Waals surface area contributed by atoms with Crippen LogP contribution in [-0.4, -0.2) is 39.3 Å². The summed E-state index contributed by atoms with van der Waals surface area (Å²) in [7, 11) is 1.78. The lowest BCUT2D eigenvalue weighted by Crippen LogP contribution is -2.28. The Balaban J connectivity index is 1.95. The number of nitrogens with zero attached hydrogens (tertiary/aromatic N) is 3. The highest BCUT2D eigenvalue weighted by Gasteiger charge is 2.40. The van der Waals surface area contributed by atoms with Gasteiger partial charge in [-0.1, -0.05) is 12.1 Å². The van der Waals surface area contributed by atoms with Gasteiger partial charge in [0.25, 0.3) is 0 Å². The first kappa shape index (κ1) is 16.5. The van der Waals surface area contributed by atoms with Crippen LogP contribution >= 0.6 is 0 Å². The zero-order valence-electron chi connectivity index (χ0n) is 13.0. The molecule has 0 bridgehead atoms. The van der Waals surface area contributed by atoms with Gasteiger partial charge in [0, 0.05) is 30.8 Å². The maximum Gasteiger partial charge on any atom is 0.435 e. The number of benzene rings is 1. The predicted octanol–water partition coefficient (Wildman–Crippen LogP) is 2.64. The van der Waals surface area contributed by atoms with E-state index in [2.05, 4.69) is 5.10 Å². The smallest absolute Gasteiger partial charge is 0.435 e. The van der Waals surface area contributed by atoms with Gasteiger partial charge >= 0.3 is 12.1 Å². The molecular formula is C16H16F3N3O2. The summed E-state index contributed by atoms with van der Waals surface area (Å²) in [6.45, 7) is 1.08. The summed E-state index contributed by atoms with van der Waals surface area (Å²) < 4.78 is 41.1. The van der Waals surface area contributed by atoms with E-state index in [1.165, 1.54) is 16.8 Å². The van der Waals surface area contributed by atoms with Crippen molar-refractivity contribution in [3.8, 4) is 0 Å². The summed E-state index contributed by atoms with van der Waals surface area (Å²) in [6, 6.07) is 6.07. The predicted molar refractivity (Wildman–Crippen MR) is 79.8 cm³/mol. The molecule has 24 heavy (non-hydrogen) atoms. The van der Waals surface area contributed by atoms with Crippen LogP contribution in [0.3, 0.4) is 0 Å². The second kappa shape index (κ2) is 5.94. The highest BCUT2D eigenvalue weighted by molar-refractivity contribution is 5.87. The Kier molecular flexibility index (Phi) is 4.08. The van der Waals surface area contributed by atoms with E-state index in [4.69, 9.17) is 5.11 Å². The largest absolute Gasteiger partial charge is 0.478 e. The molecule has 1 aromatic heterocycles. The van der Waals surface area contributed by atoms with Gasteiger partial charge in [-0.25, -0.2) is 4.79 Å². The molecule has 1 N–H and O–H groups in total. The minimum atomic E-state index is -4.49. The molecule has 0 unspecified atom stereocenters. The van der Waals surface area contributed by atoms with E-state index in [-0.39, 0.29) is 24.2 Å². The molecule has 0 aliphatic carbocycles. The first-order valence-electron chi connectivity index (χ1n) is 7.42. The number of carboxylic acid groups (broad SMARTS) is 1. The van der Waals surface area contributed by atoms with E-state index < -0.39 is 17.8 Å². The molecule has 0 saturated heterocycles. The fourth-order valence-electron chi connectivity index (χ4n) is 2.91. The van der Waals surface area contributed by atoms with Gasteiger partial charge in [0.2, 0.25) is 0 Å². The quantitative estimate of drug-likeness (QED) is 0.934. The fourth-order valence-corrected chi connectivity index (χ4v) is 2.91. The Hall–Kier alpha value is -2.35. The number of aromatic carboxylic acids is 1. The molecule has 0 fully saturated rings. The lowest BCUT2D eigenvalue weighted by Gasteiger charge is -2.23. The second-order valence-corrected chi connectivity index (χ2v) is 5.92. The van der Waals surface area contributed by atoms with Crippen molar-refractivity contribution in [2.24, 2.45) is 0 Å². The normalized spacial score (nSPS) is 15.3. The third kappa shape index (κ3) is 3.14. The number of hydrogen-bond donors (Lipinski definition) is 1. The van der Waals surface area contributed by atoms with Crippen molar-refractivity contribution in [1.82, 2.24) is 14.7 Å². The molecule has 0 radical (unpaired) electrons. The second-order valence-electron chi connectivity index (χ2n) is 5.92. The number of carboxylic acids is 1. The number of alkyl halides is 3. The SMILES string of the molecule is CN1CCc2c(c(C(F)(F)F)nn2Cc2ccc(C(=O)O)cc2)C1. The zero-order chi connectivity index (χ0) is 17.5. The third-order valence-electron chi connectivity index (χ3n) is 4.13. The van der Waals surface area contributed by atoms with E-state index in [9.17, 15) is 18.0 Å². The van der Waals surface area contributed by atoms with Crippen molar-refractivity contribution in [3.63, 3.8) is 0 Å². The van der Waals surface area contributed by atoms with Gasteiger partial charge in [-0.05, 0) is 24.7 Å². The Morgan fingerprint density at radius 3 is 2.54 bits per heavy atom. The highest BCUT2D eigenvalue weighted by Crippen LogP contribution is 2.35. The number of rotatable bonds is 3. The van der Waals surface area contributed by atoms with Crippen LogP contribution in [0.2, 0.25) is 0 Å². The number of aromatic nitrogens is 2. The van der Waals surface area contributed by atoms with Gasteiger partial charge in [0.15, 0.2) is 5.69 Å². The maximum atomic E-state index is 13.2. The van der Waals surface area contributed by atoms with E-state index in [0.29, 0.717) is 24.2 Å². The minimum Gasteiger partial charge on any atom is -0.478 e. The molecule has 1 aliphatic heterocycles. The summed E-state index contributed by atoms with van der Waals surface area (Å²) >= 11 is 0. The van der Waals surface area contributed by atoms with Crippen molar-refractivity contribution in [2.45, 2.75) is 25.7 Å². The monoisotopic (exact) mass is 339 g/mol. The molecular weight excluding hydrogens is 323 g/mol. The summed E-state index contributed by atoms with van der Waals surface area (Å²) in [5, 5.41) is 12.7. The molecule has 0 saturated carbocycles. The molecule has 8 heteroatoms. The Morgan fingerprint density at radius 1 is 1.29 bits per heavy atom. The van der Waals surface area contributed by atoms with E-state index >= 15 is 0 Å². The summed E-state index contributed by atoms with van der Waals surface area (Å²) in [5.74, 6) is -1.04. The molecule has 3 rings (SSSR count). The van der Waals surface area contributed by atoms with Crippen molar-refractivity contribution in [1.29, 1.82) is 0 Å². The van der Waals surface area contributed by atoms with Gasteiger partial charge in [-0.3, -0.25) is 4.68 Å². The number of carbonyl (C=O) groups is 1. The third-order valence-corrected chi connectivity index (χ3v) is 4.13. The number of hydrogen-bond acceptors (Lipinski definition) is 3. The van der Waals surface area contributed by atoms with Crippen LogP contribution in [0.4, 0.5) is 13.2 Å². The first-order valence-corrected chi connectivity index (χ1v) is 7.42. The van der Waals surface area contributed by atoms with Crippen molar-refractivity contribution >= 4 is 5.97 Å². The molecule has 0 atom stereocenters. The van der Waals surface area contributed by atoms with Crippen LogP contribution in [0, 0.1) is 0 Å². The standard InChI is InChI=1S/C16H16F3N3O2/c1-21-7-6-13-12(9-21)14(16(17,18)19)20-22(13)8-10-2-4-11(5-3-10)15(23)24/h2-5H,6-9H2,1H3,(H,23,24). The molecule has 0 amide bonds. The molecule has 2 heterocycles. The van der Waals surface area contributed by atoms with Crippen LogP contribution in [0.15, 0.2) is 24.3 Å². The summed E-state index contributed by atoms with van der Waals surface area (Å²) in [5.41, 5.74) is 0.851. The highest BCUT2D eigenvalue weighted by atomic mass is 19.4. The Morgan fingerprint density at radius 2 is 1.96 bits per heavy atom. The van der Waals surface area contributed by atoms with Gasteiger partial charge in [-0.2, -0.15) is 18.3 Å². The first-order chi connectivity index (χ1) is 11.3. The number of halogens is 3. The molecule has 2 aromatic rings. The fraction of sp³-hybridized carbons (Fsp3) is 0.375. The average Bonchev–Trinajstić information content (AvgIpc) is 2.85. The topological polar surface area (TPSA) is 58.4 Å². The van der Waals surface area contributed by atoms with Crippen molar-refractivity contribution in [3.05, 3.63) is 52.3 Å². The maximum absolute atomic E-state index is 13.2. The van der Waals surface area contributed by atoms with E-state index in [0.717, 1.165) is 0 Å². The molecule has 0 spiro atoms. The van der Waals surface area contributed by atoms with Crippen LogP contribution in [0.5, 0.6) is 0 Å². The average molecular weight is 339 g/mol. The van der Waals surface area contributed by atoms with E-state index in [1.54, 1.807) is 19.2 Å². The molecule has 1 aromatic carbocycles. The minimum absolute atomic E-state index is 0.138. The number of fused-ring (bicyclic) bond motifs is 1. The lowest BCUT2D eigenvalue weighted by atomic mass is 10.1.